The van der Waals surface area contributed by atoms with E-state index in [1.54, 1.807) is 12.1 Å². The Morgan fingerprint density at radius 1 is 0.958 bits per heavy atom. The minimum atomic E-state index is -0.770. The van der Waals surface area contributed by atoms with Gasteiger partial charge in [0.25, 0.3) is 0 Å². The van der Waals surface area contributed by atoms with Crippen molar-refractivity contribution in [2.24, 2.45) is 0 Å². The van der Waals surface area contributed by atoms with Crippen molar-refractivity contribution in [3.05, 3.63) is 71.5 Å². The highest BCUT2D eigenvalue weighted by Crippen LogP contribution is 2.14. The van der Waals surface area contributed by atoms with Crippen LogP contribution in [-0.2, 0) is 16.1 Å². The molecule has 2 rings (SSSR count). The van der Waals surface area contributed by atoms with E-state index in [9.17, 15) is 19.1 Å². The fourth-order valence-electron chi connectivity index (χ4n) is 2.11. The van der Waals surface area contributed by atoms with Gasteiger partial charge in [0.15, 0.2) is 0 Å². The first-order valence-electron chi connectivity index (χ1n) is 7.60. The molecule has 0 fully saturated rings. The van der Waals surface area contributed by atoms with Crippen molar-refractivity contribution >= 4 is 11.8 Å². The van der Waals surface area contributed by atoms with Gasteiger partial charge >= 0.3 is 11.8 Å². The molecule has 2 amide bonds. The zero-order valence-electron chi connectivity index (χ0n) is 13.0. The molecule has 0 aliphatic heterocycles. The minimum Gasteiger partial charge on any atom is -0.388 e. The third kappa shape index (κ3) is 5.48. The standard InChI is InChI=1S/C18H19FN2O3/c19-15-8-6-13(7-9-15)12-21-18(24)17(23)20-11-10-16(22)14-4-2-1-3-5-14/h1-9,16,22H,10-12H2,(H,20,23)(H,21,24). The molecule has 0 aliphatic rings. The van der Waals surface area contributed by atoms with Crippen LogP contribution in [0.3, 0.4) is 0 Å². The number of carbonyl (C=O) groups is 2. The zero-order chi connectivity index (χ0) is 17.4. The highest BCUT2D eigenvalue weighted by Gasteiger charge is 2.13. The van der Waals surface area contributed by atoms with E-state index < -0.39 is 17.9 Å². The first-order chi connectivity index (χ1) is 11.6. The topological polar surface area (TPSA) is 78.4 Å². The molecule has 126 valence electrons. The molecule has 24 heavy (non-hydrogen) atoms. The van der Waals surface area contributed by atoms with Gasteiger partial charge < -0.3 is 15.7 Å². The molecule has 1 unspecified atom stereocenters. The van der Waals surface area contributed by atoms with Crippen LogP contribution in [-0.4, -0.2) is 23.5 Å². The van der Waals surface area contributed by atoms with Crippen LogP contribution in [0.4, 0.5) is 4.39 Å². The summed E-state index contributed by atoms with van der Waals surface area (Å²) in [6.45, 7) is 0.317. The Labute approximate surface area is 139 Å². The van der Waals surface area contributed by atoms with Crippen LogP contribution in [0.5, 0.6) is 0 Å². The molecule has 3 N–H and O–H groups in total. The van der Waals surface area contributed by atoms with E-state index in [1.807, 2.05) is 18.2 Å². The van der Waals surface area contributed by atoms with Gasteiger partial charge in [0.05, 0.1) is 6.10 Å². The number of benzene rings is 2. The van der Waals surface area contributed by atoms with Crippen molar-refractivity contribution in [2.45, 2.75) is 19.1 Å². The van der Waals surface area contributed by atoms with E-state index in [-0.39, 0.29) is 18.9 Å². The van der Waals surface area contributed by atoms with Crippen LogP contribution in [0, 0.1) is 5.82 Å². The summed E-state index contributed by atoms with van der Waals surface area (Å²) in [5, 5.41) is 14.9. The van der Waals surface area contributed by atoms with Crippen molar-refractivity contribution in [3.63, 3.8) is 0 Å². The van der Waals surface area contributed by atoms with Crippen molar-refractivity contribution in [1.82, 2.24) is 10.6 Å². The van der Waals surface area contributed by atoms with Crippen molar-refractivity contribution < 1.29 is 19.1 Å². The second-order valence-electron chi connectivity index (χ2n) is 5.28. The van der Waals surface area contributed by atoms with E-state index in [2.05, 4.69) is 10.6 Å². The van der Waals surface area contributed by atoms with Crippen LogP contribution in [0.25, 0.3) is 0 Å². The van der Waals surface area contributed by atoms with Gasteiger partial charge in [-0.25, -0.2) is 4.39 Å². The molecule has 0 spiro atoms. The lowest BCUT2D eigenvalue weighted by atomic mass is 10.1. The minimum absolute atomic E-state index is 0.138. The number of rotatable bonds is 6. The van der Waals surface area contributed by atoms with Gasteiger partial charge in [-0.2, -0.15) is 0 Å². The van der Waals surface area contributed by atoms with Gasteiger partial charge in [-0.3, -0.25) is 9.59 Å². The smallest absolute Gasteiger partial charge is 0.309 e. The Balaban J connectivity index is 1.70. The van der Waals surface area contributed by atoms with Crippen LogP contribution in [0.1, 0.15) is 23.7 Å². The number of amides is 2. The van der Waals surface area contributed by atoms with Crippen LogP contribution in [0.2, 0.25) is 0 Å². The fraction of sp³-hybridized carbons (Fsp3) is 0.222. The average molecular weight is 330 g/mol. The van der Waals surface area contributed by atoms with Gasteiger partial charge in [0, 0.05) is 13.1 Å². The Bertz CT molecular complexity index is 674. The second-order valence-corrected chi connectivity index (χ2v) is 5.28. The van der Waals surface area contributed by atoms with E-state index in [1.165, 1.54) is 24.3 Å². The Hall–Kier alpha value is -2.73. The highest BCUT2D eigenvalue weighted by atomic mass is 19.1. The molecule has 6 heteroatoms. The molecule has 0 saturated carbocycles. The number of aliphatic hydroxyl groups is 1. The van der Waals surface area contributed by atoms with Gasteiger partial charge in [-0.1, -0.05) is 42.5 Å². The Morgan fingerprint density at radius 3 is 2.25 bits per heavy atom. The second kappa shape index (κ2) is 8.79. The number of halogens is 1. The van der Waals surface area contributed by atoms with Crippen molar-refractivity contribution in [1.29, 1.82) is 0 Å². The van der Waals surface area contributed by atoms with Gasteiger partial charge in [-0.15, -0.1) is 0 Å². The summed E-state index contributed by atoms with van der Waals surface area (Å²) in [5.74, 6) is -1.90. The molecule has 2 aromatic carbocycles. The van der Waals surface area contributed by atoms with Crippen molar-refractivity contribution in [3.8, 4) is 0 Å². The van der Waals surface area contributed by atoms with E-state index in [0.717, 1.165) is 5.56 Å². The summed E-state index contributed by atoms with van der Waals surface area (Å²) in [6, 6.07) is 14.7. The quantitative estimate of drug-likeness (QED) is 0.705. The van der Waals surface area contributed by atoms with E-state index in [4.69, 9.17) is 0 Å². The maximum absolute atomic E-state index is 12.8. The number of hydrogen-bond donors (Lipinski definition) is 3. The summed E-state index contributed by atoms with van der Waals surface area (Å²) in [6.07, 6.45) is -0.394. The van der Waals surface area contributed by atoms with Gasteiger partial charge in [-0.05, 0) is 29.7 Å². The normalized spacial score (nSPS) is 11.6. The molecule has 0 radical (unpaired) electrons. The van der Waals surface area contributed by atoms with Crippen LogP contribution in [0.15, 0.2) is 54.6 Å². The molecule has 2 aromatic rings. The highest BCUT2D eigenvalue weighted by molar-refractivity contribution is 6.35. The molecular weight excluding hydrogens is 311 g/mol. The number of hydrogen-bond acceptors (Lipinski definition) is 3. The fourth-order valence-corrected chi connectivity index (χ4v) is 2.11. The summed E-state index contributed by atoms with van der Waals surface area (Å²) >= 11 is 0. The molecular formula is C18H19FN2O3. The molecule has 5 nitrogen and oxygen atoms in total. The summed E-state index contributed by atoms with van der Waals surface area (Å²) in [7, 11) is 0. The lowest BCUT2D eigenvalue weighted by molar-refractivity contribution is -0.139. The predicted octanol–water partition coefficient (Wildman–Crippen LogP) is 1.68. The lowest BCUT2D eigenvalue weighted by Gasteiger charge is -2.11. The summed E-state index contributed by atoms with van der Waals surface area (Å²) in [4.78, 5) is 23.3. The SMILES string of the molecule is O=C(NCCC(O)c1ccccc1)C(=O)NCc1ccc(F)cc1. The van der Waals surface area contributed by atoms with E-state index >= 15 is 0 Å². The molecule has 0 saturated heterocycles. The first-order valence-corrected chi connectivity index (χ1v) is 7.60. The van der Waals surface area contributed by atoms with Gasteiger partial charge in [0.2, 0.25) is 0 Å². The number of carbonyl (C=O) groups excluding carboxylic acids is 2. The predicted molar refractivity (Wildman–Crippen MR) is 87.3 cm³/mol. The molecule has 0 aromatic heterocycles. The first kappa shape index (κ1) is 17.6. The number of aliphatic hydroxyl groups excluding tert-OH is 1. The van der Waals surface area contributed by atoms with E-state index in [0.29, 0.717) is 12.0 Å². The van der Waals surface area contributed by atoms with Crippen LogP contribution >= 0.6 is 0 Å². The Kier molecular flexibility index (Phi) is 6.45. The molecule has 0 aliphatic carbocycles. The monoisotopic (exact) mass is 330 g/mol. The maximum atomic E-state index is 12.8. The Morgan fingerprint density at radius 2 is 1.58 bits per heavy atom. The van der Waals surface area contributed by atoms with Gasteiger partial charge in [0.1, 0.15) is 5.82 Å². The average Bonchev–Trinajstić information content (AvgIpc) is 2.61. The lowest BCUT2D eigenvalue weighted by Crippen LogP contribution is -2.40. The third-order valence-corrected chi connectivity index (χ3v) is 3.46. The molecule has 0 heterocycles. The third-order valence-electron chi connectivity index (χ3n) is 3.46. The largest absolute Gasteiger partial charge is 0.388 e. The number of nitrogens with one attached hydrogen (secondary N) is 2. The van der Waals surface area contributed by atoms with Crippen LogP contribution < -0.4 is 10.6 Å². The summed E-state index contributed by atoms with van der Waals surface area (Å²) in [5.41, 5.74) is 1.45. The van der Waals surface area contributed by atoms with Crippen molar-refractivity contribution in [2.75, 3.05) is 6.54 Å². The zero-order valence-corrected chi connectivity index (χ0v) is 13.0. The maximum Gasteiger partial charge on any atom is 0.309 e. The summed E-state index contributed by atoms with van der Waals surface area (Å²) < 4.78 is 12.8. The molecule has 1 atom stereocenters. The molecule has 0 bridgehead atoms.